The molecule has 0 saturated carbocycles. The second-order valence-electron chi connectivity index (χ2n) is 16.6. The van der Waals surface area contributed by atoms with E-state index in [-0.39, 0.29) is 73.5 Å². The number of nitrogens with two attached hydrogens (primary N) is 1. The summed E-state index contributed by atoms with van der Waals surface area (Å²) in [4.78, 5) is 104. The first-order chi connectivity index (χ1) is 32.9. The molecule has 10 N–H and O–H groups in total. The molecule has 0 unspecified atom stereocenters. The van der Waals surface area contributed by atoms with E-state index in [2.05, 4.69) is 47.4 Å². The Bertz CT molecular complexity index is 2650. The van der Waals surface area contributed by atoms with Gasteiger partial charge in [0.2, 0.25) is 17.7 Å². The van der Waals surface area contributed by atoms with Crippen LogP contribution in [0.2, 0.25) is 0 Å². The summed E-state index contributed by atoms with van der Waals surface area (Å²) in [5.74, 6) is -3.11. The predicted molar refractivity (Wildman–Crippen MR) is 260 cm³/mol. The van der Waals surface area contributed by atoms with Crippen LogP contribution in [0.15, 0.2) is 67.4 Å². The van der Waals surface area contributed by atoms with Crippen molar-refractivity contribution in [2.45, 2.75) is 32.1 Å². The van der Waals surface area contributed by atoms with E-state index in [1.807, 2.05) is 7.05 Å². The lowest BCUT2D eigenvalue weighted by Gasteiger charge is -2.15. The Morgan fingerprint density at radius 3 is 1.25 bits per heavy atom. The van der Waals surface area contributed by atoms with Crippen molar-refractivity contribution in [3.63, 3.8) is 0 Å². The summed E-state index contributed by atoms with van der Waals surface area (Å²) in [5, 5.41) is 22.0. The first kappa shape index (κ1) is 52.1. The van der Waals surface area contributed by atoms with Crippen molar-refractivity contribution in [3.8, 4) is 0 Å². The number of carbonyl (C=O) groups excluding carboxylic acids is 8. The van der Waals surface area contributed by atoms with E-state index >= 15 is 0 Å². The quantitative estimate of drug-likeness (QED) is 0.0378. The molecule has 0 fully saturated rings. The lowest BCUT2D eigenvalue weighted by Crippen LogP contribution is -2.33. The Kier molecular flexibility index (Phi) is 18.7. The summed E-state index contributed by atoms with van der Waals surface area (Å²) in [6.45, 7) is 3.09. The number of aryl methyl sites for hydroxylation is 5. The fourth-order valence-electron chi connectivity index (χ4n) is 7.25. The van der Waals surface area contributed by atoms with Crippen LogP contribution in [0.4, 0.5) is 22.7 Å². The second kappa shape index (κ2) is 24.7. The van der Waals surface area contributed by atoms with Gasteiger partial charge in [0.25, 0.3) is 29.5 Å². The molecule has 23 nitrogen and oxygen atoms in total. The van der Waals surface area contributed by atoms with Gasteiger partial charge in [0.05, 0.1) is 22.7 Å². The lowest BCUT2D eigenvalue weighted by molar-refractivity contribution is -0.121. The number of carbonyl (C=O) groups is 8. The van der Waals surface area contributed by atoms with Crippen LogP contribution in [0.5, 0.6) is 0 Å². The molecule has 0 aromatic carbocycles. The van der Waals surface area contributed by atoms with Crippen LogP contribution in [0, 0.1) is 0 Å². The zero-order valence-electron chi connectivity index (χ0n) is 39.9. The zero-order valence-corrected chi connectivity index (χ0v) is 39.9. The van der Waals surface area contributed by atoms with Crippen molar-refractivity contribution in [1.29, 1.82) is 0 Å². The second-order valence-corrected chi connectivity index (χ2v) is 16.6. The first-order valence-corrected chi connectivity index (χ1v) is 22.4. The van der Waals surface area contributed by atoms with E-state index in [1.54, 1.807) is 98.1 Å². The van der Waals surface area contributed by atoms with Gasteiger partial charge in [0, 0.05) is 112 Å². The molecule has 0 spiro atoms. The van der Waals surface area contributed by atoms with Crippen molar-refractivity contribution < 1.29 is 38.4 Å². The van der Waals surface area contributed by atoms with Gasteiger partial charge in [0.1, 0.15) is 28.5 Å². The van der Waals surface area contributed by atoms with E-state index in [4.69, 9.17) is 5.73 Å². The van der Waals surface area contributed by atoms with Gasteiger partial charge in [-0.1, -0.05) is 0 Å². The Hall–Kier alpha value is -7.92. The molecule has 0 aliphatic heterocycles. The molecule has 0 aliphatic rings. The van der Waals surface area contributed by atoms with Crippen LogP contribution in [0.25, 0.3) is 0 Å². The van der Waals surface area contributed by atoms with Gasteiger partial charge in [-0.15, -0.1) is 0 Å². The molecule has 5 aromatic heterocycles. The minimum absolute atomic E-state index is 0.000860. The highest BCUT2D eigenvalue weighted by Crippen LogP contribution is 2.19. The van der Waals surface area contributed by atoms with Crippen LogP contribution in [-0.4, -0.2) is 128 Å². The molecule has 5 rings (SSSR count). The SMILES string of the molecule is CN(CCCN)CCCNC(=O)CCNC(=O)c1cc(NC(=O)CCNC(=O)c2cc(NC(=O)c3cc(NC(=O)CCNC(=O)c4cc(NC(=O)c5cccn5C)cn4C)cn3C)cn2C)cn1C. The zero-order chi connectivity index (χ0) is 50.2. The first-order valence-electron chi connectivity index (χ1n) is 22.4. The predicted octanol–water partition coefficient (Wildman–Crippen LogP) is 1.31. The van der Waals surface area contributed by atoms with Gasteiger partial charge in [0.15, 0.2) is 0 Å². The molecule has 23 heteroatoms. The number of hydrogen-bond acceptors (Lipinski definition) is 10. The molecular weight excluding hydrogens is 891 g/mol. The summed E-state index contributed by atoms with van der Waals surface area (Å²) in [5.41, 5.74) is 8.52. The van der Waals surface area contributed by atoms with E-state index < -0.39 is 35.4 Å². The third kappa shape index (κ3) is 15.3. The number of anilines is 4. The van der Waals surface area contributed by atoms with Gasteiger partial charge in [-0.2, -0.15) is 0 Å². The third-order valence-corrected chi connectivity index (χ3v) is 10.9. The molecule has 0 atom stereocenters. The minimum atomic E-state index is -0.505. The van der Waals surface area contributed by atoms with Gasteiger partial charge in [-0.25, -0.2) is 0 Å². The fraction of sp³-hybridized carbons (Fsp3) is 0.391. The topological polar surface area (TPSA) is 287 Å². The third-order valence-electron chi connectivity index (χ3n) is 10.9. The van der Waals surface area contributed by atoms with Gasteiger partial charge < -0.3 is 76.0 Å². The van der Waals surface area contributed by atoms with Crippen molar-refractivity contribution in [1.82, 2.24) is 49.0 Å². The molecular formula is C46H63N15O8. The highest BCUT2D eigenvalue weighted by Gasteiger charge is 2.20. The summed E-state index contributed by atoms with van der Waals surface area (Å²) >= 11 is 0. The van der Waals surface area contributed by atoms with Gasteiger partial charge >= 0.3 is 0 Å². The Morgan fingerprint density at radius 2 is 0.841 bits per heavy atom. The number of amides is 8. The number of rotatable bonds is 25. The fourth-order valence-corrected chi connectivity index (χ4v) is 7.25. The summed E-state index contributed by atoms with van der Waals surface area (Å²) in [7, 11) is 10.4. The molecule has 370 valence electrons. The van der Waals surface area contributed by atoms with E-state index in [1.165, 1.54) is 27.3 Å². The maximum Gasteiger partial charge on any atom is 0.272 e. The van der Waals surface area contributed by atoms with Crippen molar-refractivity contribution in [2.75, 3.05) is 74.1 Å². The number of nitrogens with zero attached hydrogens (tertiary/aromatic N) is 6. The van der Waals surface area contributed by atoms with Crippen LogP contribution >= 0.6 is 0 Å². The van der Waals surface area contributed by atoms with Crippen LogP contribution < -0.4 is 48.3 Å². The van der Waals surface area contributed by atoms with Crippen molar-refractivity contribution in [2.24, 2.45) is 41.0 Å². The molecule has 5 heterocycles. The smallest absolute Gasteiger partial charge is 0.272 e. The Morgan fingerprint density at radius 1 is 0.464 bits per heavy atom. The molecule has 0 saturated heterocycles. The molecule has 69 heavy (non-hydrogen) atoms. The highest BCUT2D eigenvalue weighted by molar-refractivity contribution is 6.06. The van der Waals surface area contributed by atoms with Crippen LogP contribution in [-0.2, 0) is 49.6 Å². The number of aromatic nitrogens is 5. The van der Waals surface area contributed by atoms with Crippen molar-refractivity contribution >= 4 is 70.0 Å². The molecule has 8 amide bonds. The largest absolute Gasteiger partial charge is 0.356 e. The van der Waals surface area contributed by atoms with E-state index in [9.17, 15) is 38.4 Å². The van der Waals surface area contributed by atoms with E-state index in [0.29, 0.717) is 41.5 Å². The maximum absolute atomic E-state index is 13.3. The van der Waals surface area contributed by atoms with Gasteiger partial charge in [-0.3, -0.25) is 38.4 Å². The highest BCUT2D eigenvalue weighted by atomic mass is 16.2. The normalized spacial score (nSPS) is 11.0. The standard InChI is InChI=1S/C46H63N15O8/c1-56(19-8-14-47)20-9-15-48-39(62)11-16-49-42(65)35-22-30(26-58(35)3)52-40(63)12-17-51-44(67)37-25-33(29-60(37)5)55-46(69)38-23-31(27-61(38)6)53-41(64)13-18-50-43(66)36-24-32(28-59(36)4)54-45(68)34-10-7-21-57(34)2/h7,10,21-29H,8-9,11-20,47H2,1-6H3,(H,48,62)(H,49,65)(H,50,66)(H,51,67)(H,52,63)(H,53,64)(H,54,68)(H,55,69). The minimum Gasteiger partial charge on any atom is -0.356 e. The summed E-state index contributed by atoms with van der Waals surface area (Å²) in [6, 6.07) is 9.47. The summed E-state index contributed by atoms with van der Waals surface area (Å²) < 4.78 is 7.86. The van der Waals surface area contributed by atoms with Gasteiger partial charge in [-0.05, 0) is 75.9 Å². The monoisotopic (exact) mass is 953 g/mol. The number of nitrogens with one attached hydrogen (secondary N) is 8. The van der Waals surface area contributed by atoms with Crippen LogP contribution in [0.1, 0.15) is 84.5 Å². The Labute approximate surface area is 399 Å². The number of hydrogen-bond donors (Lipinski definition) is 9. The lowest BCUT2D eigenvalue weighted by atomic mass is 10.3. The molecule has 0 aliphatic carbocycles. The average molecular weight is 954 g/mol. The van der Waals surface area contributed by atoms with E-state index in [0.717, 1.165) is 25.9 Å². The molecule has 0 radical (unpaired) electrons. The average Bonchev–Trinajstić information content (AvgIpc) is 4.13. The Balaban J connectivity index is 0.992. The maximum atomic E-state index is 13.3. The molecule has 5 aromatic rings. The van der Waals surface area contributed by atoms with Crippen molar-refractivity contribution in [3.05, 3.63) is 95.9 Å². The molecule has 0 bridgehead atoms. The van der Waals surface area contributed by atoms with Crippen LogP contribution in [0.3, 0.4) is 0 Å². The summed E-state index contributed by atoms with van der Waals surface area (Å²) in [6.07, 6.45) is 9.79.